The van der Waals surface area contributed by atoms with Crippen LogP contribution in [0.4, 0.5) is 0 Å². The number of hydrogen-bond donors (Lipinski definition) is 1. The average Bonchev–Trinajstić information content (AvgIpc) is 2.69. The third kappa shape index (κ3) is 5.55. The molecular formula is C14H25N3OS. The van der Waals surface area contributed by atoms with Crippen molar-refractivity contribution in [2.75, 3.05) is 20.3 Å². The molecule has 4 nitrogen and oxygen atoms in total. The summed E-state index contributed by atoms with van der Waals surface area (Å²) in [6.07, 6.45) is 9.52. The van der Waals surface area contributed by atoms with Gasteiger partial charge in [-0.05, 0) is 5.92 Å². The molecule has 1 heterocycles. The minimum Gasteiger partial charge on any atom is -0.383 e. The van der Waals surface area contributed by atoms with Crippen molar-refractivity contribution in [1.82, 2.24) is 15.5 Å². The van der Waals surface area contributed by atoms with Crippen molar-refractivity contribution < 1.29 is 4.74 Å². The van der Waals surface area contributed by atoms with Crippen molar-refractivity contribution in [3.8, 4) is 0 Å². The average molecular weight is 283 g/mol. The van der Waals surface area contributed by atoms with Crippen LogP contribution >= 0.6 is 11.3 Å². The van der Waals surface area contributed by atoms with Crippen LogP contribution in [0.15, 0.2) is 0 Å². The Morgan fingerprint density at radius 2 is 1.89 bits per heavy atom. The fourth-order valence-electron chi connectivity index (χ4n) is 2.63. The van der Waals surface area contributed by atoms with Crippen LogP contribution in [0.5, 0.6) is 0 Å². The number of rotatable bonds is 7. The van der Waals surface area contributed by atoms with Crippen LogP contribution in [0.1, 0.15) is 48.5 Å². The zero-order valence-electron chi connectivity index (χ0n) is 11.9. The number of hydrogen-bond acceptors (Lipinski definition) is 5. The third-order valence-corrected chi connectivity index (χ3v) is 4.65. The summed E-state index contributed by atoms with van der Waals surface area (Å²) >= 11 is 1.77. The molecule has 0 aliphatic heterocycles. The van der Waals surface area contributed by atoms with Crippen LogP contribution in [0.25, 0.3) is 0 Å². The van der Waals surface area contributed by atoms with E-state index in [1.165, 1.54) is 43.5 Å². The number of methoxy groups -OCH3 is 1. The second-order valence-electron chi connectivity index (χ2n) is 5.32. The molecule has 5 heteroatoms. The number of nitrogens with zero attached hydrogens (tertiary/aromatic N) is 2. The molecule has 0 aromatic carbocycles. The summed E-state index contributed by atoms with van der Waals surface area (Å²) in [7, 11) is 1.72. The van der Waals surface area contributed by atoms with E-state index in [0.29, 0.717) is 0 Å². The van der Waals surface area contributed by atoms with Gasteiger partial charge in [0.15, 0.2) is 0 Å². The Kier molecular flexibility index (Phi) is 6.74. The quantitative estimate of drug-likeness (QED) is 0.617. The fourth-order valence-corrected chi connectivity index (χ4v) is 3.56. The third-order valence-electron chi connectivity index (χ3n) is 3.71. The van der Waals surface area contributed by atoms with Crippen molar-refractivity contribution in [1.29, 1.82) is 0 Å². The predicted molar refractivity (Wildman–Crippen MR) is 78.4 cm³/mol. The smallest absolute Gasteiger partial charge is 0.131 e. The van der Waals surface area contributed by atoms with Gasteiger partial charge in [0.25, 0.3) is 0 Å². The first kappa shape index (κ1) is 14.9. The van der Waals surface area contributed by atoms with Crippen molar-refractivity contribution in [3.63, 3.8) is 0 Å². The monoisotopic (exact) mass is 283 g/mol. The Labute approximate surface area is 120 Å². The van der Waals surface area contributed by atoms with Crippen LogP contribution in [0, 0.1) is 5.92 Å². The molecule has 0 saturated heterocycles. The van der Waals surface area contributed by atoms with E-state index in [2.05, 4.69) is 15.5 Å². The second kappa shape index (κ2) is 8.61. The summed E-state index contributed by atoms with van der Waals surface area (Å²) in [4.78, 5) is 0. The van der Waals surface area contributed by atoms with E-state index in [9.17, 15) is 0 Å². The van der Waals surface area contributed by atoms with E-state index in [1.807, 2.05) is 0 Å². The van der Waals surface area contributed by atoms with E-state index in [-0.39, 0.29) is 0 Å². The van der Waals surface area contributed by atoms with Gasteiger partial charge < -0.3 is 10.1 Å². The highest BCUT2D eigenvalue weighted by Gasteiger charge is 2.15. The maximum absolute atomic E-state index is 5.00. The van der Waals surface area contributed by atoms with Crippen LogP contribution in [-0.2, 0) is 17.7 Å². The van der Waals surface area contributed by atoms with Crippen molar-refractivity contribution in [2.45, 2.75) is 51.5 Å². The zero-order chi connectivity index (χ0) is 13.3. The van der Waals surface area contributed by atoms with Crippen LogP contribution in [-0.4, -0.2) is 30.5 Å². The topological polar surface area (TPSA) is 47.0 Å². The zero-order valence-corrected chi connectivity index (χ0v) is 12.7. The van der Waals surface area contributed by atoms with Gasteiger partial charge in [0.1, 0.15) is 10.0 Å². The molecule has 19 heavy (non-hydrogen) atoms. The number of ether oxygens (including phenoxy) is 1. The van der Waals surface area contributed by atoms with E-state index in [1.54, 1.807) is 18.4 Å². The molecule has 1 N–H and O–H groups in total. The van der Waals surface area contributed by atoms with Gasteiger partial charge in [-0.1, -0.05) is 38.5 Å². The first-order valence-corrected chi connectivity index (χ1v) is 8.21. The predicted octanol–water partition coefficient (Wildman–Crippen LogP) is 2.79. The SMILES string of the molecule is COCCNCc1nnc(CC2CCCCCC2)s1. The minimum absolute atomic E-state index is 0.744. The van der Waals surface area contributed by atoms with Gasteiger partial charge in [-0.15, -0.1) is 21.5 Å². The van der Waals surface area contributed by atoms with Gasteiger partial charge in [0, 0.05) is 26.6 Å². The number of aromatic nitrogens is 2. The lowest BCUT2D eigenvalue weighted by atomic mass is 9.97. The summed E-state index contributed by atoms with van der Waals surface area (Å²) in [5.41, 5.74) is 0. The van der Waals surface area contributed by atoms with Crippen molar-refractivity contribution in [2.24, 2.45) is 5.92 Å². The first-order valence-electron chi connectivity index (χ1n) is 7.39. The van der Waals surface area contributed by atoms with E-state index >= 15 is 0 Å². The molecule has 1 aromatic heterocycles. The lowest BCUT2D eigenvalue weighted by molar-refractivity contribution is 0.199. The van der Waals surface area contributed by atoms with Crippen molar-refractivity contribution in [3.05, 3.63) is 10.0 Å². The summed E-state index contributed by atoms with van der Waals surface area (Å²) in [6.45, 7) is 2.42. The molecule has 108 valence electrons. The highest BCUT2D eigenvalue weighted by Crippen LogP contribution is 2.26. The molecule has 0 unspecified atom stereocenters. The molecule has 0 radical (unpaired) electrons. The molecule has 1 fully saturated rings. The number of nitrogens with one attached hydrogen (secondary N) is 1. The normalized spacial score (nSPS) is 17.5. The van der Waals surface area contributed by atoms with E-state index < -0.39 is 0 Å². The molecule has 1 aromatic rings. The first-order chi connectivity index (χ1) is 9.38. The highest BCUT2D eigenvalue weighted by atomic mass is 32.1. The highest BCUT2D eigenvalue weighted by molar-refractivity contribution is 7.11. The van der Waals surface area contributed by atoms with Gasteiger partial charge in [0.05, 0.1) is 6.61 Å². The minimum atomic E-state index is 0.744. The van der Waals surface area contributed by atoms with Gasteiger partial charge in [-0.3, -0.25) is 0 Å². The van der Waals surface area contributed by atoms with Crippen LogP contribution in [0.3, 0.4) is 0 Å². The molecule has 2 rings (SSSR count). The molecule has 1 saturated carbocycles. The van der Waals surface area contributed by atoms with Crippen LogP contribution in [0.2, 0.25) is 0 Å². The Balaban J connectivity index is 1.73. The Morgan fingerprint density at radius 1 is 1.16 bits per heavy atom. The van der Waals surface area contributed by atoms with Crippen LogP contribution < -0.4 is 5.32 Å². The lowest BCUT2D eigenvalue weighted by Crippen LogP contribution is -2.18. The van der Waals surface area contributed by atoms with Crippen molar-refractivity contribution >= 4 is 11.3 Å². The summed E-state index contributed by atoms with van der Waals surface area (Å²) in [5.74, 6) is 0.838. The van der Waals surface area contributed by atoms with Gasteiger partial charge in [0.2, 0.25) is 0 Å². The molecule has 0 spiro atoms. The standard InChI is InChI=1S/C14H25N3OS/c1-18-9-8-15-11-14-17-16-13(19-14)10-12-6-4-2-3-5-7-12/h12,15H,2-11H2,1H3. The molecule has 1 aliphatic carbocycles. The Hall–Kier alpha value is -0.520. The Morgan fingerprint density at radius 3 is 2.63 bits per heavy atom. The molecule has 0 bridgehead atoms. The molecule has 1 aliphatic rings. The Bertz CT molecular complexity index is 348. The second-order valence-corrected chi connectivity index (χ2v) is 6.47. The lowest BCUT2D eigenvalue weighted by Gasteiger charge is -2.10. The van der Waals surface area contributed by atoms with Gasteiger partial charge in [-0.2, -0.15) is 0 Å². The summed E-state index contributed by atoms with van der Waals surface area (Å²) in [6, 6.07) is 0. The molecule has 0 amide bonds. The maximum Gasteiger partial charge on any atom is 0.131 e. The molecule has 0 atom stereocenters. The summed E-state index contributed by atoms with van der Waals surface area (Å²) < 4.78 is 5.00. The van der Waals surface area contributed by atoms with Gasteiger partial charge >= 0.3 is 0 Å². The molecular weight excluding hydrogens is 258 g/mol. The largest absolute Gasteiger partial charge is 0.383 e. The fraction of sp³-hybridized carbons (Fsp3) is 0.857. The summed E-state index contributed by atoms with van der Waals surface area (Å²) in [5, 5.41) is 14.2. The van der Waals surface area contributed by atoms with Gasteiger partial charge in [-0.25, -0.2) is 0 Å². The van der Waals surface area contributed by atoms with E-state index in [4.69, 9.17) is 4.74 Å². The van der Waals surface area contributed by atoms with E-state index in [0.717, 1.165) is 37.0 Å². The maximum atomic E-state index is 5.00.